The lowest BCUT2D eigenvalue weighted by Gasteiger charge is -2.35. The molecule has 0 bridgehead atoms. The Kier molecular flexibility index (Phi) is 5.28. The number of rotatable bonds is 4. The number of allylic oxidation sites excluding steroid dienone is 4. The van der Waals surface area contributed by atoms with Crippen molar-refractivity contribution in [2.24, 2.45) is 11.3 Å². The number of carbonyl (C=O) groups is 2. The van der Waals surface area contributed by atoms with Crippen molar-refractivity contribution in [1.29, 1.82) is 0 Å². The zero-order chi connectivity index (χ0) is 20.6. The van der Waals surface area contributed by atoms with Crippen LogP contribution in [0.5, 0.6) is 0 Å². The number of carbonyl (C=O) groups excluding carboxylic acids is 2. The highest BCUT2D eigenvalue weighted by Crippen LogP contribution is 2.52. The average Bonchev–Trinajstić information content (AvgIpc) is 2.94. The summed E-state index contributed by atoms with van der Waals surface area (Å²) in [7, 11) is 0. The monoisotopic (exact) mass is 430 g/mol. The highest BCUT2D eigenvalue weighted by atomic mass is 35.5. The predicted octanol–water partition coefficient (Wildman–Crippen LogP) is 3.81. The second-order valence-corrected chi connectivity index (χ2v) is 7.84. The molecule has 3 aliphatic rings. The number of esters is 1. The Morgan fingerprint density at radius 3 is 2.72 bits per heavy atom. The van der Waals surface area contributed by atoms with Gasteiger partial charge in [0.1, 0.15) is 5.70 Å². The van der Waals surface area contributed by atoms with Gasteiger partial charge in [0.2, 0.25) is 0 Å². The number of ether oxygens (including phenoxy) is 1. The molecule has 1 aromatic carbocycles. The van der Waals surface area contributed by atoms with Crippen LogP contribution in [0.1, 0.15) is 17.3 Å². The van der Waals surface area contributed by atoms with Gasteiger partial charge in [-0.2, -0.15) is 0 Å². The molecule has 7 heteroatoms. The Bertz CT molecular complexity index is 989. The fourth-order valence-corrected chi connectivity index (χ4v) is 4.83. The molecule has 150 valence electrons. The van der Waals surface area contributed by atoms with Gasteiger partial charge in [0.15, 0.2) is 5.78 Å². The van der Waals surface area contributed by atoms with Gasteiger partial charge in [0.05, 0.1) is 33.5 Å². The van der Waals surface area contributed by atoms with Crippen LogP contribution >= 0.6 is 23.2 Å². The molecule has 0 aromatic heterocycles. The minimum absolute atomic E-state index is 0.168. The second kappa shape index (κ2) is 7.73. The van der Waals surface area contributed by atoms with Crippen LogP contribution < -0.4 is 10.6 Å². The normalized spacial score (nSPS) is 24.7. The maximum absolute atomic E-state index is 13.7. The van der Waals surface area contributed by atoms with E-state index in [0.717, 1.165) is 11.3 Å². The molecule has 2 atom stereocenters. The molecule has 1 aromatic rings. The minimum Gasteiger partial charge on any atom is -0.461 e. The highest BCUT2D eigenvalue weighted by Gasteiger charge is 2.53. The molecule has 0 saturated carbocycles. The van der Waals surface area contributed by atoms with Crippen molar-refractivity contribution in [3.63, 3.8) is 0 Å². The smallest absolute Gasteiger partial charge is 0.354 e. The highest BCUT2D eigenvalue weighted by molar-refractivity contribution is 6.40. The van der Waals surface area contributed by atoms with E-state index >= 15 is 0 Å². The molecule has 4 rings (SSSR count). The van der Waals surface area contributed by atoms with E-state index in [-0.39, 0.29) is 12.4 Å². The molecule has 0 amide bonds. The molecule has 1 aliphatic carbocycles. The number of hydrogen-bond acceptors (Lipinski definition) is 5. The van der Waals surface area contributed by atoms with Crippen molar-refractivity contribution in [2.75, 3.05) is 19.7 Å². The summed E-state index contributed by atoms with van der Waals surface area (Å²) in [5, 5.41) is 7.08. The third-order valence-corrected chi connectivity index (χ3v) is 6.15. The molecule has 1 spiro atoms. The number of nitrogens with one attached hydrogen (secondary N) is 2. The molecular formula is C22H20Cl2N2O3. The van der Waals surface area contributed by atoms with Gasteiger partial charge >= 0.3 is 5.97 Å². The maximum atomic E-state index is 13.7. The second-order valence-electron chi connectivity index (χ2n) is 7.02. The fourth-order valence-electron chi connectivity index (χ4n) is 4.24. The lowest BCUT2D eigenvalue weighted by Crippen LogP contribution is -2.36. The number of hydrogen-bond donors (Lipinski definition) is 2. The molecule has 1 saturated heterocycles. The van der Waals surface area contributed by atoms with Crippen LogP contribution in [0, 0.1) is 11.3 Å². The van der Waals surface area contributed by atoms with E-state index in [9.17, 15) is 9.59 Å². The Morgan fingerprint density at radius 1 is 1.24 bits per heavy atom. The van der Waals surface area contributed by atoms with Crippen molar-refractivity contribution in [3.05, 3.63) is 81.2 Å². The minimum atomic E-state index is -0.820. The van der Waals surface area contributed by atoms with Crippen LogP contribution in [0.2, 0.25) is 10.0 Å². The van der Waals surface area contributed by atoms with Crippen molar-refractivity contribution in [2.45, 2.75) is 6.92 Å². The first-order chi connectivity index (χ1) is 14.0. The van der Waals surface area contributed by atoms with Crippen LogP contribution in [0.15, 0.2) is 65.5 Å². The van der Waals surface area contributed by atoms with Crippen LogP contribution in [-0.4, -0.2) is 31.4 Å². The molecule has 2 N–H and O–H groups in total. The first-order valence-electron chi connectivity index (χ1n) is 9.44. The SMILES string of the molecule is CCOC(=O)C1=CC23C(=CCN1)C=CC=C2NCC3C(=O)c1c(Cl)cccc1Cl. The fraction of sp³-hybridized carbons (Fsp3) is 0.273. The van der Waals surface area contributed by atoms with Crippen molar-refractivity contribution >= 4 is 35.0 Å². The molecule has 1 fully saturated rings. The summed E-state index contributed by atoms with van der Waals surface area (Å²) in [6.07, 6.45) is 9.64. The zero-order valence-corrected chi connectivity index (χ0v) is 17.3. The summed E-state index contributed by atoms with van der Waals surface area (Å²) in [4.78, 5) is 26.2. The van der Waals surface area contributed by atoms with E-state index in [0.29, 0.717) is 34.4 Å². The molecule has 2 unspecified atom stereocenters. The summed E-state index contributed by atoms with van der Waals surface area (Å²) in [6, 6.07) is 5.02. The molecule has 5 nitrogen and oxygen atoms in total. The largest absolute Gasteiger partial charge is 0.461 e. The number of ketones is 1. The van der Waals surface area contributed by atoms with E-state index in [2.05, 4.69) is 10.6 Å². The summed E-state index contributed by atoms with van der Waals surface area (Å²) in [5.41, 5.74) is 1.62. The van der Waals surface area contributed by atoms with E-state index in [4.69, 9.17) is 27.9 Å². The first kappa shape index (κ1) is 19.8. The summed E-state index contributed by atoms with van der Waals surface area (Å²) >= 11 is 12.7. The lowest BCUT2D eigenvalue weighted by atomic mass is 9.65. The molecule has 29 heavy (non-hydrogen) atoms. The molecule has 2 heterocycles. The Hall–Kier alpha value is -2.50. The third-order valence-electron chi connectivity index (χ3n) is 5.52. The van der Waals surface area contributed by atoms with Crippen molar-refractivity contribution < 1.29 is 14.3 Å². The zero-order valence-electron chi connectivity index (χ0n) is 15.8. The third kappa shape index (κ3) is 3.18. The Labute approximate surface area is 179 Å². The van der Waals surface area contributed by atoms with Crippen molar-refractivity contribution in [3.8, 4) is 0 Å². The van der Waals surface area contributed by atoms with Crippen LogP contribution in [0.3, 0.4) is 0 Å². The van der Waals surface area contributed by atoms with Gasteiger partial charge in [0.25, 0.3) is 0 Å². The van der Waals surface area contributed by atoms with Crippen LogP contribution in [0.4, 0.5) is 0 Å². The average molecular weight is 431 g/mol. The Morgan fingerprint density at radius 2 is 2.00 bits per heavy atom. The van der Waals surface area contributed by atoms with Gasteiger partial charge in [-0.15, -0.1) is 0 Å². The summed E-state index contributed by atoms with van der Waals surface area (Å²) < 4.78 is 5.20. The topological polar surface area (TPSA) is 67.4 Å². The molecule has 2 aliphatic heterocycles. The van der Waals surface area contributed by atoms with Gasteiger partial charge in [-0.25, -0.2) is 4.79 Å². The Balaban J connectivity index is 1.87. The van der Waals surface area contributed by atoms with Gasteiger partial charge in [-0.05, 0) is 36.8 Å². The first-order valence-corrected chi connectivity index (χ1v) is 10.2. The quantitative estimate of drug-likeness (QED) is 0.561. The molecule has 0 radical (unpaired) electrons. The summed E-state index contributed by atoms with van der Waals surface area (Å²) in [5.74, 6) is -1.13. The van der Waals surface area contributed by atoms with Crippen LogP contribution in [0.25, 0.3) is 0 Å². The van der Waals surface area contributed by atoms with Gasteiger partial charge in [-0.1, -0.05) is 47.5 Å². The van der Waals surface area contributed by atoms with E-state index < -0.39 is 17.3 Å². The lowest BCUT2D eigenvalue weighted by molar-refractivity contribution is -0.139. The maximum Gasteiger partial charge on any atom is 0.354 e. The van der Waals surface area contributed by atoms with Gasteiger partial charge in [0, 0.05) is 18.8 Å². The van der Waals surface area contributed by atoms with Crippen molar-refractivity contribution in [1.82, 2.24) is 10.6 Å². The van der Waals surface area contributed by atoms with Gasteiger partial charge < -0.3 is 15.4 Å². The predicted molar refractivity (Wildman–Crippen MR) is 113 cm³/mol. The number of halogens is 2. The standard InChI is InChI=1S/C22H20Cl2N2O3/c1-2-29-21(28)17-11-22-13(9-10-25-17)5-3-8-18(22)26-12-14(22)20(27)19-15(23)6-4-7-16(19)24/h3-9,11,14,25-26H,2,10,12H2,1H3. The molecular weight excluding hydrogens is 411 g/mol. The number of Topliss-reactive ketones (excluding diaryl/α,β-unsaturated/α-hetero) is 1. The van der Waals surface area contributed by atoms with E-state index in [1.165, 1.54) is 0 Å². The number of benzene rings is 1. The summed E-state index contributed by atoms with van der Waals surface area (Å²) in [6.45, 7) is 2.88. The van der Waals surface area contributed by atoms with Crippen LogP contribution in [-0.2, 0) is 9.53 Å². The van der Waals surface area contributed by atoms with Gasteiger partial charge in [-0.3, -0.25) is 4.79 Å². The van der Waals surface area contributed by atoms with E-state index in [1.54, 1.807) is 25.1 Å². The van der Waals surface area contributed by atoms with E-state index in [1.807, 2.05) is 30.4 Å².